The highest BCUT2D eigenvalue weighted by Crippen LogP contribution is 1.99. The molecule has 8 nitrogen and oxygen atoms in total. The van der Waals surface area contributed by atoms with Crippen LogP contribution in [0.25, 0.3) is 0 Å². The Morgan fingerprint density at radius 3 is 1.67 bits per heavy atom. The minimum absolute atomic E-state index is 0.114. The molecule has 0 unspecified atom stereocenters. The normalized spacial score (nSPS) is 11.8. The van der Waals surface area contributed by atoms with Gasteiger partial charge >= 0.3 is 0 Å². The van der Waals surface area contributed by atoms with Gasteiger partial charge in [-0.1, -0.05) is 34.6 Å². The molecule has 0 atom stereocenters. The van der Waals surface area contributed by atoms with E-state index in [2.05, 4.69) is 34.9 Å². The van der Waals surface area contributed by atoms with E-state index in [1.54, 1.807) is 0 Å². The first-order chi connectivity index (χ1) is 9.61. The zero-order valence-corrected chi connectivity index (χ0v) is 13.9. The van der Waals surface area contributed by atoms with E-state index in [0.29, 0.717) is 11.8 Å². The van der Waals surface area contributed by atoms with Gasteiger partial charge in [0.2, 0.25) is 11.9 Å². The van der Waals surface area contributed by atoms with Crippen molar-refractivity contribution in [1.82, 2.24) is 10.9 Å². The van der Waals surface area contributed by atoms with Gasteiger partial charge in [0.15, 0.2) is 0 Å². The first-order valence-electron chi connectivity index (χ1n) is 6.92. The molecule has 0 radical (unpaired) electrons. The van der Waals surface area contributed by atoms with Gasteiger partial charge in [-0.2, -0.15) is 10.2 Å². The van der Waals surface area contributed by atoms with E-state index >= 15 is 0 Å². The van der Waals surface area contributed by atoms with Gasteiger partial charge in [0, 0.05) is 11.4 Å². The van der Waals surface area contributed by atoms with Crippen LogP contribution in [0.15, 0.2) is 10.2 Å². The molecule has 0 spiro atoms. The summed E-state index contributed by atoms with van der Waals surface area (Å²) in [5.41, 5.74) is 16.8. The van der Waals surface area contributed by atoms with Gasteiger partial charge in [-0.3, -0.25) is 10.8 Å². The van der Waals surface area contributed by atoms with E-state index < -0.39 is 0 Å². The quantitative estimate of drug-likeness (QED) is 0.258. The summed E-state index contributed by atoms with van der Waals surface area (Å²) in [5.74, 6) is 0.565. The summed E-state index contributed by atoms with van der Waals surface area (Å²) in [4.78, 5) is 0. The topological polar surface area (TPSA) is 149 Å². The third-order valence-corrected chi connectivity index (χ3v) is 2.54. The Morgan fingerprint density at radius 1 is 0.952 bits per heavy atom. The third kappa shape index (κ3) is 14.1. The van der Waals surface area contributed by atoms with Gasteiger partial charge < -0.3 is 11.5 Å². The molecule has 21 heavy (non-hydrogen) atoms. The van der Waals surface area contributed by atoms with Gasteiger partial charge in [0.1, 0.15) is 0 Å². The van der Waals surface area contributed by atoms with Crippen LogP contribution in [0.4, 0.5) is 0 Å². The molecule has 8 N–H and O–H groups in total. The maximum Gasteiger partial charge on any atom is 0.206 e. The average molecular weight is 298 g/mol. The van der Waals surface area contributed by atoms with Crippen molar-refractivity contribution in [2.45, 2.75) is 48.0 Å². The summed E-state index contributed by atoms with van der Waals surface area (Å²) in [5, 5.41) is 21.5. The molecule has 0 saturated carbocycles. The standard InChI is InChI=1S/C7H16N4.C6H14N4/c1-4-6(5(2)3)10-11-7(8)9;1-4(2)5(3)9-10-6(7)8/h5H,4H2,1-3H3,(H4,8,9,11);4H,1-3H3,(H4,7,8,10). The summed E-state index contributed by atoms with van der Waals surface area (Å²) in [6.45, 7) is 12.1. The number of hydrazone groups is 2. The van der Waals surface area contributed by atoms with Crippen molar-refractivity contribution >= 4 is 23.3 Å². The lowest BCUT2D eigenvalue weighted by atomic mass is 10.1. The Morgan fingerprint density at radius 2 is 1.38 bits per heavy atom. The van der Waals surface area contributed by atoms with Crippen molar-refractivity contribution in [3.05, 3.63) is 0 Å². The smallest absolute Gasteiger partial charge is 0.206 e. The van der Waals surface area contributed by atoms with Gasteiger partial charge in [0.25, 0.3) is 0 Å². The Bertz CT molecular complexity index is 382. The zero-order valence-electron chi connectivity index (χ0n) is 13.9. The summed E-state index contributed by atoms with van der Waals surface area (Å²) in [7, 11) is 0. The van der Waals surface area contributed by atoms with E-state index in [0.717, 1.165) is 17.8 Å². The molecule has 0 fully saturated rings. The second kappa shape index (κ2) is 11.7. The van der Waals surface area contributed by atoms with E-state index in [1.807, 2.05) is 27.7 Å². The fourth-order valence-corrected chi connectivity index (χ4v) is 1.03. The fourth-order valence-electron chi connectivity index (χ4n) is 1.03. The molecule has 0 aromatic heterocycles. The van der Waals surface area contributed by atoms with Crippen molar-refractivity contribution in [1.29, 1.82) is 10.8 Å². The van der Waals surface area contributed by atoms with Crippen LogP contribution in [0, 0.1) is 22.7 Å². The van der Waals surface area contributed by atoms with Crippen LogP contribution in [0.5, 0.6) is 0 Å². The van der Waals surface area contributed by atoms with Crippen LogP contribution in [0.2, 0.25) is 0 Å². The molecule has 0 bridgehead atoms. The lowest BCUT2D eigenvalue weighted by Crippen LogP contribution is -2.27. The molecule has 0 saturated heterocycles. The Kier molecular flexibility index (Phi) is 11.8. The first-order valence-corrected chi connectivity index (χ1v) is 6.92. The van der Waals surface area contributed by atoms with E-state index in [1.165, 1.54) is 0 Å². The molecule has 0 aliphatic heterocycles. The van der Waals surface area contributed by atoms with Crippen LogP contribution in [0.1, 0.15) is 48.0 Å². The average Bonchev–Trinajstić information content (AvgIpc) is 2.36. The lowest BCUT2D eigenvalue weighted by Gasteiger charge is -2.06. The SMILES string of the molecule is CC(=NNC(=N)N)C(C)C.CCC(=NNC(=N)N)C(C)C. The van der Waals surface area contributed by atoms with Crippen molar-refractivity contribution in [3.63, 3.8) is 0 Å². The van der Waals surface area contributed by atoms with Crippen LogP contribution in [-0.2, 0) is 0 Å². The minimum Gasteiger partial charge on any atom is -0.369 e. The molecule has 0 heterocycles. The molecular formula is C13H30N8. The predicted octanol–water partition coefficient (Wildman–Crippen LogP) is 1.39. The lowest BCUT2D eigenvalue weighted by molar-refractivity contribution is 0.828. The van der Waals surface area contributed by atoms with E-state index in [-0.39, 0.29) is 11.9 Å². The molecule has 0 amide bonds. The van der Waals surface area contributed by atoms with Crippen LogP contribution >= 0.6 is 0 Å². The highest BCUT2D eigenvalue weighted by atomic mass is 15.3. The highest BCUT2D eigenvalue weighted by molar-refractivity contribution is 5.87. The third-order valence-electron chi connectivity index (χ3n) is 2.54. The fraction of sp³-hybridized carbons (Fsp3) is 0.692. The Balaban J connectivity index is 0. The maximum atomic E-state index is 6.86. The zero-order chi connectivity index (χ0) is 17.0. The van der Waals surface area contributed by atoms with Crippen molar-refractivity contribution < 1.29 is 0 Å². The number of nitrogens with two attached hydrogens (primary N) is 2. The first kappa shape index (κ1) is 21.2. The van der Waals surface area contributed by atoms with Crippen LogP contribution in [0.3, 0.4) is 0 Å². The number of hydrogen-bond donors (Lipinski definition) is 6. The second-order valence-electron chi connectivity index (χ2n) is 5.07. The summed E-state index contributed by atoms with van der Waals surface area (Å²) >= 11 is 0. The minimum atomic E-state index is -0.125. The Labute approximate surface area is 127 Å². The van der Waals surface area contributed by atoms with Crippen molar-refractivity contribution in [3.8, 4) is 0 Å². The van der Waals surface area contributed by atoms with E-state index in [9.17, 15) is 0 Å². The highest BCUT2D eigenvalue weighted by Gasteiger charge is 2.01. The molecular weight excluding hydrogens is 268 g/mol. The molecule has 122 valence electrons. The number of guanidine groups is 2. The molecule has 8 heteroatoms. The van der Waals surface area contributed by atoms with E-state index in [4.69, 9.17) is 22.3 Å². The molecule has 0 aliphatic rings. The molecule has 0 aromatic rings. The van der Waals surface area contributed by atoms with Gasteiger partial charge in [-0.15, -0.1) is 0 Å². The molecule has 0 aromatic carbocycles. The van der Waals surface area contributed by atoms with Gasteiger partial charge in [0.05, 0.1) is 0 Å². The number of nitrogens with one attached hydrogen (secondary N) is 4. The van der Waals surface area contributed by atoms with Crippen molar-refractivity contribution in [2.75, 3.05) is 0 Å². The van der Waals surface area contributed by atoms with Gasteiger partial charge in [-0.05, 0) is 25.2 Å². The number of hydrogen-bond acceptors (Lipinski definition) is 4. The summed E-state index contributed by atoms with van der Waals surface area (Å²) in [6.07, 6.45) is 0.887. The summed E-state index contributed by atoms with van der Waals surface area (Å²) in [6, 6.07) is 0. The maximum absolute atomic E-state index is 6.86. The summed E-state index contributed by atoms with van der Waals surface area (Å²) < 4.78 is 0. The van der Waals surface area contributed by atoms with Crippen LogP contribution in [-0.4, -0.2) is 23.3 Å². The van der Waals surface area contributed by atoms with Crippen LogP contribution < -0.4 is 22.3 Å². The van der Waals surface area contributed by atoms with Gasteiger partial charge in [-0.25, -0.2) is 10.9 Å². The Hall–Kier alpha value is -2.12. The monoisotopic (exact) mass is 298 g/mol. The number of rotatable bonds is 5. The molecule has 0 aliphatic carbocycles. The molecule has 0 rings (SSSR count). The number of nitrogens with zero attached hydrogens (tertiary/aromatic N) is 2. The second-order valence-corrected chi connectivity index (χ2v) is 5.07. The predicted molar refractivity (Wildman–Crippen MR) is 90.6 cm³/mol. The van der Waals surface area contributed by atoms with Crippen molar-refractivity contribution in [2.24, 2.45) is 33.5 Å². The largest absolute Gasteiger partial charge is 0.369 e.